The molecule has 30 heavy (non-hydrogen) atoms. The van der Waals surface area contributed by atoms with Gasteiger partial charge in [-0.2, -0.15) is 4.68 Å². The van der Waals surface area contributed by atoms with Gasteiger partial charge in [-0.05, 0) is 48.0 Å². The van der Waals surface area contributed by atoms with Crippen LogP contribution in [0.4, 0.5) is 5.69 Å². The quantitative estimate of drug-likeness (QED) is 0.456. The van der Waals surface area contributed by atoms with Crippen LogP contribution in [0.15, 0.2) is 48.5 Å². The molecule has 0 saturated heterocycles. The zero-order chi connectivity index (χ0) is 21.7. The first-order valence-corrected chi connectivity index (χ1v) is 9.60. The highest BCUT2D eigenvalue weighted by Gasteiger charge is 2.24. The van der Waals surface area contributed by atoms with Gasteiger partial charge in [0.1, 0.15) is 0 Å². The molecule has 10 heteroatoms. The molecular weight excluding hydrogens is 429 g/mol. The Morgan fingerprint density at radius 3 is 2.53 bits per heavy atom. The van der Waals surface area contributed by atoms with Crippen molar-refractivity contribution in [2.75, 3.05) is 5.32 Å². The SMILES string of the molecule is Cc1nnnn1/C(=C\c1ccccc1)C(=O)OC(C)C(=O)Nc1cccc(Cl)c1Cl. The lowest BCUT2D eigenvalue weighted by Gasteiger charge is -2.16. The number of amides is 1. The van der Waals surface area contributed by atoms with Gasteiger partial charge in [0.2, 0.25) is 0 Å². The number of esters is 1. The zero-order valence-electron chi connectivity index (χ0n) is 16.0. The van der Waals surface area contributed by atoms with Crippen LogP contribution in [0.5, 0.6) is 0 Å². The minimum Gasteiger partial charge on any atom is -0.448 e. The third kappa shape index (κ3) is 5.03. The molecule has 1 N–H and O–H groups in total. The van der Waals surface area contributed by atoms with E-state index in [0.717, 1.165) is 5.56 Å². The molecule has 154 valence electrons. The van der Waals surface area contributed by atoms with Gasteiger partial charge in [0.25, 0.3) is 5.91 Å². The number of halogens is 2. The molecule has 3 aromatic rings. The Hall–Kier alpha value is -3.23. The second-order valence-electron chi connectivity index (χ2n) is 6.22. The molecule has 0 aliphatic rings. The number of rotatable bonds is 6. The van der Waals surface area contributed by atoms with Crippen LogP contribution in [0.2, 0.25) is 10.0 Å². The van der Waals surface area contributed by atoms with Gasteiger partial charge in [-0.3, -0.25) is 4.79 Å². The van der Waals surface area contributed by atoms with E-state index in [-0.39, 0.29) is 10.7 Å². The third-order valence-electron chi connectivity index (χ3n) is 4.03. The molecule has 1 unspecified atom stereocenters. The highest BCUT2D eigenvalue weighted by Crippen LogP contribution is 2.29. The van der Waals surface area contributed by atoms with Crippen LogP contribution in [-0.4, -0.2) is 38.2 Å². The molecule has 0 radical (unpaired) electrons. The van der Waals surface area contributed by atoms with Gasteiger partial charge in [-0.15, -0.1) is 5.10 Å². The number of tetrazole rings is 1. The molecule has 0 spiro atoms. The van der Waals surface area contributed by atoms with Gasteiger partial charge >= 0.3 is 5.97 Å². The van der Waals surface area contributed by atoms with Crippen LogP contribution in [0.3, 0.4) is 0 Å². The number of hydrogen-bond donors (Lipinski definition) is 1. The van der Waals surface area contributed by atoms with Crippen molar-refractivity contribution < 1.29 is 14.3 Å². The maximum Gasteiger partial charge on any atom is 0.357 e. The predicted molar refractivity (Wildman–Crippen MR) is 114 cm³/mol. The van der Waals surface area contributed by atoms with E-state index < -0.39 is 18.0 Å². The summed E-state index contributed by atoms with van der Waals surface area (Å²) in [5, 5.41) is 14.3. The Balaban J connectivity index is 1.80. The summed E-state index contributed by atoms with van der Waals surface area (Å²) < 4.78 is 6.60. The van der Waals surface area contributed by atoms with Gasteiger partial charge in [0.15, 0.2) is 17.6 Å². The lowest BCUT2D eigenvalue weighted by atomic mass is 10.2. The third-order valence-corrected chi connectivity index (χ3v) is 4.85. The number of anilines is 1. The Bertz CT molecular complexity index is 1100. The monoisotopic (exact) mass is 445 g/mol. The number of benzene rings is 2. The first kappa shape index (κ1) is 21.5. The van der Waals surface area contributed by atoms with Crippen molar-refractivity contribution in [3.63, 3.8) is 0 Å². The molecule has 0 aliphatic carbocycles. The molecule has 0 aliphatic heterocycles. The highest BCUT2D eigenvalue weighted by atomic mass is 35.5. The van der Waals surface area contributed by atoms with Crippen LogP contribution in [-0.2, 0) is 14.3 Å². The van der Waals surface area contributed by atoms with Crippen LogP contribution >= 0.6 is 23.2 Å². The first-order chi connectivity index (χ1) is 14.4. The van der Waals surface area contributed by atoms with E-state index in [0.29, 0.717) is 16.5 Å². The van der Waals surface area contributed by atoms with Crippen molar-refractivity contribution >= 4 is 52.5 Å². The van der Waals surface area contributed by atoms with Gasteiger partial charge in [-0.25, -0.2) is 4.79 Å². The number of ether oxygens (including phenoxy) is 1. The summed E-state index contributed by atoms with van der Waals surface area (Å²) in [5.74, 6) is -0.953. The molecule has 8 nitrogen and oxygen atoms in total. The van der Waals surface area contributed by atoms with Crippen molar-refractivity contribution in [1.29, 1.82) is 0 Å². The summed E-state index contributed by atoms with van der Waals surface area (Å²) in [5.41, 5.74) is 1.11. The number of carbonyl (C=O) groups excluding carboxylic acids is 2. The highest BCUT2D eigenvalue weighted by molar-refractivity contribution is 6.44. The lowest BCUT2D eigenvalue weighted by molar-refractivity contribution is -0.147. The number of nitrogens with one attached hydrogen (secondary N) is 1. The molecule has 2 aromatic carbocycles. The van der Waals surface area contributed by atoms with Crippen LogP contribution in [0, 0.1) is 6.92 Å². The first-order valence-electron chi connectivity index (χ1n) is 8.84. The Morgan fingerprint density at radius 1 is 1.13 bits per heavy atom. The fraction of sp³-hybridized carbons (Fsp3) is 0.150. The summed E-state index contributed by atoms with van der Waals surface area (Å²) in [4.78, 5) is 25.3. The number of aromatic nitrogens is 4. The topological polar surface area (TPSA) is 99.0 Å². The molecule has 1 atom stereocenters. The largest absolute Gasteiger partial charge is 0.448 e. The zero-order valence-corrected chi connectivity index (χ0v) is 17.6. The smallest absolute Gasteiger partial charge is 0.357 e. The normalized spacial score (nSPS) is 12.3. The lowest BCUT2D eigenvalue weighted by Crippen LogP contribution is -2.31. The average molecular weight is 446 g/mol. The summed E-state index contributed by atoms with van der Waals surface area (Å²) >= 11 is 12.0. The maximum atomic E-state index is 12.9. The predicted octanol–water partition coefficient (Wildman–Crippen LogP) is 3.86. The summed E-state index contributed by atoms with van der Waals surface area (Å²) in [6.07, 6.45) is 0.452. The molecule has 0 saturated carbocycles. The van der Waals surface area contributed by atoms with Crippen molar-refractivity contribution in [2.24, 2.45) is 0 Å². The fourth-order valence-corrected chi connectivity index (χ4v) is 2.82. The fourth-order valence-electron chi connectivity index (χ4n) is 2.48. The number of hydrogen-bond acceptors (Lipinski definition) is 6. The van der Waals surface area contributed by atoms with Crippen LogP contribution in [0.25, 0.3) is 11.8 Å². The number of nitrogens with zero attached hydrogens (tertiary/aromatic N) is 4. The molecule has 0 fully saturated rings. The molecular formula is C20H17Cl2N5O3. The molecule has 3 rings (SSSR count). The second-order valence-corrected chi connectivity index (χ2v) is 7.00. The minimum absolute atomic E-state index is 0.0594. The van der Waals surface area contributed by atoms with E-state index in [4.69, 9.17) is 27.9 Å². The van der Waals surface area contributed by atoms with E-state index in [2.05, 4.69) is 20.8 Å². The molecule has 1 heterocycles. The van der Waals surface area contributed by atoms with Crippen molar-refractivity contribution in [2.45, 2.75) is 20.0 Å². The van der Waals surface area contributed by atoms with Crippen LogP contribution in [0.1, 0.15) is 18.3 Å². The minimum atomic E-state index is -1.12. The van der Waals surface area contributed by atoms with Gasteiger partial charge in [0.05, 0.1) is 15.7 Å². The second kappa shape index (κ2) is 9.51. The summed E-state index contributed by atoms with van der Waals surface area (Å²) in [6, 6.07) is 13.9. The summed E-state index contributed by atoms with van der Waals surface area (Å²) in [6.45, 7) is 3.08. The van der Waals surface area contributed by atoms with Gasteiger partial charge < -0.3 is 10.1 Å². The van der Waals surface area contributed by atoms with E-state index in [1.807, 2.05) is 30.3 Å². The maximum absolute atomic E-state index is 12.9. The summed E-state index contributed by atoms with van der Waals surface area (Å²) in [7, 11) is 0. The molecule has 1 aromatic heterocycles. The van der Waals surface area contributed by atoms with Crippen molar-refractivity contribution in [3.8, 4) is 0 Å². The number of aryl methyl sites for hydroxylation is 1. The van der Waals surface area contributed by atoms with Gasteiger partial charge in [-0.1, -0.05) is 59.6 Å². The molecule has 0 bridgehead atoms. The molecule has 1 amide bonds. The van der Waals surface area contributed by atoms with E-state index in [1.165, 1.54) is 11.6 Å². The Kier molecular flexibility index (Phi) is 6.81. The Labute approximate surface area is 182 Å². The van der Waals surface area contributed by atoms with Crippen LogP contribution < -0.4 is 5.32 Å². The number of carbonyl (C=O) groups is 2. The van der Waals surface area contributed by atoms with E-state index >= 15 is 0 Å². The standard InChI is InChI=1S/C20H17Cl2N5O3/c1-12(19(28)23-16-10-6-9-15(21)18(16)22)30-20(29)17(27-13(2)24-25-26-27)11-14-7-4-3-5-8-14/h3-12H,1-2H3,(H,23,28)/b17-11-. The van der Waals surface area contributed by atoms with E-state index in [9.17, 15) is 9.59 Å². The van der Waals surface area contributed by atoms with Crippen molar-refractivity contribution in [3.05, 3.63) is 70.0 Å². The van der Waals surface area contributed by atoms with E-state index in [1.54, 1.807) is 31.2 Å². The van der Waals surface area contributed by atoms with Crippen molar-refractivity contribution in [1.82, 2.24) is 20.2 Å². The average Bonchev–Trinajstić information content (AvgIpc) is 3.15. The Morgan fingerprint density at radius 2 is 1.87 bits per heavy atom. The van der Waals surface area contributed by atoms with Gasteiger partial charge in [0, 0.05) is 0 Å².